The molecule has 0 atom stereocenters. The van der Waals surface area contributed by atoms with Gasteiger partial charge in [0, 0.05) is 0 Å². The second-order valence-corrected chi connectivity index (χ2v) is 7.47. The molecule has 2 rings (SSSR count). The van der Waals surface area contributed by atoms with Crippen LogP contribution in [0.5, 0.6) is 5.75 Å². The molecular formula is C18H21N3O4S. The van der Waals surface area contributed by atoms with Gasteiger partial charge in [-0.15, -0.1) is 0 Å². The number of carbonyl (C=O) groups excluding carboxylic acids is 1. The number of sulfonamides is 1. The highest BCUT2D eigenvalue weighted by Gasteiger charge is 2.20. The lowest BCUT2D eigenvalue weighted by atomic mass is 10.1. The molecule has 1 N–H and O–H groups in total. The molecule has 8 heteroatoms. The number of nitrogens with one attached hydrogen (secondary N) is 1. The minimum atomic E-state index is -3.64. The van der Waals surface area contributed by atoms with Gasteiger partial charge in [0.1, 0.15) is 12.3 Å². The predicted octanol–water partition coefficient (Wildman–Crippen LogP) is 2.00. The molecule has 0 radical (unpaired) electrons. The zero-order valence-corrected chi connectivity index (χ0v) is 15.7. The van der Waals surface area contributed by atoms with Crippen molar-refractivity contribution in [2.45, 2.75) is 6.92 Å². The van der Waals surface area contributed by atoms with Crippen molar-refractivity contribution >= 4 is 27.3 Å². The maximum absolute atomic E-state index is 12.2. The van der Waals surface area contributed by atoms with Gasteiger partial charge in [0.15, 0.2) is 0 Å². The quantitative estimate of drug-likeness (QED) is 0.592. The van der Waals surface area contributed by atoms with Crippen molar-refractivity contribution < 1.29 is 17.9 Å². The van der Waals surface area contributed by atoms with Gasteiger partial charge in [0.05, 0.1) is 24.8 Å². The molecule has 0 aliphatic rings. The zero-order chi connectivity index (χ0) is 19.2. The first-order valence-corrected chi connectivity index (χ1v) is 9.66. The molecule has 0 heterocycles. The van der Waals surface area contributed by atoms with E-state index in [2.05, 4.69) is 10.5 Å². The van der Waals surface area contributed by atoms with Gasteiger partial charge in [-0.2, -0.15) is 5.10 Å². The standard InChI is InChI=1S/C18H21N3O4S/c1-14(15-7-5-4-6-8-15)19-20-18(22)13-21(26(3,23)24)16-9-11-17(25-2)12-10-16/h4-12H,13H2,1-3H3,(H,20,22)/b19-14+. The number of rotatable bonds is 7. The first kappa shape index (κ1) is 19.5. The minimum Gasteiger partial charge on any atom is -0.497 e. The van der Waals surface area contributed by atoms with E-state index in [1.165, 1.54) is 7.11 Å². The van der Waals surface area contributed by atoms with Gasteiger partial charge < -0.3 is 4.74 Å². The van der Waals surface area contributed by atoms with E-state index in [0.29, 0.717) is 17.1 Å². The highest BCUT2D eigenvalue weighted by molar-refractivity contribution is 7.92. The summed E-state index contributed by atoms with van der Waals surface area (Å²) in [5, 5.41) is 4.03. The molecule has 2 aromatic carbocycles. The second kappa shape index (κ2) is 8.48. The third-order valence-electron chi connectivity index (χ3n) is 3.59. The highest BCUT2D eigenvalue weighted by Crippen LogP contribution is 2.21. The molecule has 26 heavy (non-hydrogen) atoms. The molecule has 138 valence electrons. The Morgan fingerprint density at radius 3 is 2.27 bits per heavy atom. The minimum absolute atomic E-state index is 0.368. The van der Waals surface area contributed by atoms with E-state index in [9.17, 15) is 13.2 Å². The normalized spacial score (nSPS) is 11.7. The van der Waals surface area contributed by atoms with E-state index in [-0.39, 0.29) is 6.54 Å². The first-order chi connectivity index (χ1) is 12.3. The zero-order valence-electron chi connectivity index (χ0n) is 14.8. The molecule has 0 unspecified atom stereocenters. The number of ether oxygens (including phenoxy) is 1. The molecule has 0 saturated heterocycles. The molecule has 0 saturated carbocycles. The van der Waals surface area contributed by atoms with Gasteiger partial charge in [0.2, 0.25) is 10.0 Å². The third kappa shape index (κ3) is 5.32. The van der Waals surface area contributed by atoms with Gasteiger partial charge in [-0.05, 0) is 36.8 Å². The molecule has 1 amide bonds. The van der Waals surface area contributed by atoms with Crippen molar-refractivity contribution in [1.29, 1.82) is 0 Å². The number of nitrogens with zero attached hydrogens (tertiary/aromatic N) is 2. The monoisotopic (exact) mass is 375 g/mol. The Bertz CT molecular complexity index is 878. The Kier molecular flexibility index (Phi) is 6.35. The number of carbonyl (C=O) groups is 1. The number of hydrogen-bond donors (Lipinski definition) is 1. The van der Waals surface area contributed by atoms with Gasteiger partial charge in [-0.1, -0.05) is 30.3 Å². The van der Waals surface area contributed by atoms with Crippen molar-refractivity contribution in [3.8, 4) is 5.75 Å². The lowest BCUT2D eigenvalue weighted by molar-refractivity contribution is -0.119. The van der Waals surface area contributed by atoms with Crippen LogP contribution < -0.4 is 14.5 Å². The summed E-state index contributed by atoms with van der Waals surface area (Å²) >= 11 is 0. The molecule has 0 bridgehead atoms. The summed E-state index contributed by atoms with van der Waals surface area (Å²) in [5.74, 6) is 0.0521. The van der Waals surface area contributed by atoms with Gasteiger partial charge >= 0.3 is 0 Å². The van der Waals surface area contributed by atoms with Crippen LogP contribution in [0, 0.1) is 0 Å². The fraction of sp³-hybridized carbons (Fsp3) is 0.222. The second-order valence-electron chi connectivity index (χ2n) is 5.57. The molecule has 0 aliphatic carbocycles. The molecule has 7 nitrogen and oxygen atoms in total. The Labute approximate surface area is 153 Å². The number of methoxy groups -OCH3 is 1. The van der Waals surface area contributed by atoms with Crippen molar-refractivity contribution in [3.05, 3.63) is 60.2 Å². The fourth-order valence-electron chi connectivity index (χ4n) is 2.20. The van der Waals surface area contributed by atoms with E-state index in [1.807, 2.05) is 30.3 Å². The summed E-state index contributed by atoms with van der Waals surface area (Å²) in [6, 6.07) is 15.8. The number of anilines is 1. The SMILES string of the molecule is COc1ccc(N(CC(=O)N/N=C(\C)c2ccccc2)S(C)(=O)=O)cc1. The summed E-state index contributed by atoms with van der Waals surface area (Å²) in [7, 11) is -2.12. The summed E-state index contributed by atoms with van der Waals surface area (Å²) in [6.45, 7) is 1.38. The van der Waals surface area contributed by atoms with Crippen LogP contribution in [0.25, 0.3) is 0 Å². The van der Waals surface area contributed by atoms with Crippen molar-refractivity contribution in [2.24, 2.45) is 5.10 Å². The van der Waals surface area contributed by atoms with Gasteiger partial charge in [-0.3, -0.25) is 9.10 Å². The van der Waals surface area contributed by atoms with Crippen molar-refractivity contribution in [2.75, 3.05) is 24.2 Å². The summed E-state index contributed by atoms with van der Waals surface area (Å²) in [4.78, 5) is 12.2. The summed E-state index contributed by atoms with van der Waals surface area (Å²) in [5.41, 5.74) is 4.25. The fourth-order valence-corrected chi connectivity index (χ4v) is 3.06. The summed E-state index contributed by atoms with van der Waals surface area (Å²) in [6.07, 6.45) is 1.04. The first-order valence-electron chi connectivity index (χ1n) is 7.81. The molecule has 0 fully saturated rings. The summed E-state index contributed by atoms with van der Waals surface area (Å²) < 4.78 is 30.2. The number of benzene rings is 2. The number of hydrazone groups is 1. The van der Waals surface area contributed by atoms with E-state index in [1.54, 1.807) is 31.2 Å². The van der Waals surface area contributed by atoms with Crippen LogP contribution in [-0.2, 0) is 14.8 Å². The maximum atomic E-state index is 12.2. The maximum Gasteiger partial charge on any atom is 0.260 e. The van der Waals surface area contributed by atoms with Crippen LogP contribution >= 0.6 is 0 Å². The highest BCUT2D eigenvalue weighted by atomic mass is 32.2. The Balaban J connectivity index is 2.12. The smallest absolute Gasteiger partial charge is 0.260 e. The predicted molar refractivity (Wildman–Crippen MR) is 102 cm³/mol. The Hall–Kier alpha value is -2.87. The Morgan fingerprint density at radius 1 is 1.12 bits per heavy atom. The number of hydrogen-bond acceptors (Lipinski definition) is 5. The van der Waals surface area contributed by atoms with E-state index in [4.69, 9.17) is 4.74 Å². The van der Waals surface area contributed by atoms with Crippen LogP contribution in [0.4, 0.5) is 5.69 Å². The van der Waals surface area contributed by atoms with Crippen LogP contribution in [0.1, 0.15) is 12.5 Å². The van der Waals surface area contributed by atoms with E-state index in [0.717, 1.165) is 16.1 Å². The molecular weight excluding hydrogens is 354 g/mol. The molecule has 0 spiro atoms. The van der Waals surface area contributed by atoms with Crippen LogP contribution in [0.15, 0.2) is 59.7 Å². The molecule has 2 aromatic rings. The molecule has 0 aromatic heterocycles. The van der Waals surface area contributed by atoms with E-state index < -0.39 is 15.9 Å². The van der Waals surface area contributed by atoms with Crippen LogP contribution in [0.2, 0.25) is 0 Å². The topological polar surface area (TPSA) is 88.1 Å². The van der Waals surface area contributed by atoms with Crippen LogP contribution in [0.3, 0.4) is 0 Å². The average Bonchev–Trinajstić information content (AvgIpc) is 2.64. The lowest BCUT2D eigenvalue weighted by Crippen LogP contribution is -2.39. The lowest BCUT2D eigenvalue weighted by Gasteiger charge is -2.21. The van der Waals surface area contributed by atoms with Gasteiger partial charge in [0.25, 0.3) is 5.91 Å². The largest absolute Gasteiger partial charge is 0.497 e. The van der Waals surface area contributed by atoms with E-state index >= 15 is 0 Å². The van der Waals surface area contributed by atoms with Crippen molar-refractivity contribution in [3.63, 3.8) is 0 Å². The van der Waals surface area contributed by atoms with Crippen molar-refractivity contribution in [1.82, 2.24) is 5.43 Å². The molecule has 0 aliphatic heterocycles. The number of amides is 1. The van der Waals surface area contributed by atoms with Crippen LogP contribution in [-0.4, -0.2) is 39.9 Å². The average molecular weight is 375 g/mol. The Morgan fingerprint density at radius 2 is 1.73 bits per heavy atom. The third-order valence-corrected chi connectivity index (χ3v) is 4.73. The van der Waals surface area contributed by atoms with Gasteiger partial charge in [-0.25, -0.2) is 13.8 Å².